The summed E-state index contributed by atoms with van der Waals surface area (Å²) in [5.74, 6) is 4.18. The van der Waals surface area contributed by atoms with E-state index in [2.05, 4.69) is 40.7 Å². The van der Waals surface area contributed by atoms with Crippen molar-refractivity contribution in [1.29, 1.82) is 0 Å². The smallest absolute Gasteiger partial charge is 0.0757 e. The summed E-state index contributed by atoms with van der Waals surface area (Å²) in [4.78, 5) is 0. The molecule has 2 N–H and O–H groups in total. The van der Waals surface area contributed by atoms with E-state index in [-0.39, 0.29) is 17.6 Å². The molecule has 0 heterocycles. The van der Waals surface area contributed by atoms with Crippen LogP contribution in [0.2, 0.25) is 0 Å². The highest BCUT2D eigenvalue weighted by atomic mass is 16.3. The monoisotopic (exact) mass is 402 g/mol. The van der Waals surface area contributed by atoms with Crippen LogP contribution in [0.15, 0.2) is 11.6 Å². The van der Waals surface area contributed by atoms with Gasteiger partial charge in [0.15, 0.2) is 0 Å². The number of rotatable bonds is 5. The van der Waals surface area contributed by atoms with Crippen LogP contribution in [0.3, 0.4) is 0 Å². The molecule has 2 nitrogen and oxygen atoms in total. The van der Waals surface area contributed by atoms with Crippen molar-refractivity contribution in [3.63, 3.8) is 0 Å². The predicted molar refractivity (Wildman–Crippen MR) is 120 cm³/mol. The Kier molecular flexibility index (Phi) is 6.01. The van der Waals surface area contributed by atoms with Crippen LogP contribution in [0.1, 0.15) is 98.8 Å². The molecule has 0 bridgehead atoms. The summed E-state index contributed by atoms with van der Waals surface area (Å²) in [6, 6.07) is 0. The zero-order chi connectivity index (χ0) is 21.0. The fraction of sp³-hybridized carbons (Fsp3) is 0.926. The Morgan fingerprint density at radius 1 is 0.966 bits per heavy atom. The van der Waals surface area contributed by atoms with Gasteiger partial charge < -0.3 is 10.2 Å². The van der Waals surface area contributed by atoms with E-state index in [4.69, 9.17) is 0 Å². The minimum atomic E-state index is -0.298. The molecule has 0 spiro atoms. The summed E-state index contributed by atoms with van der Waals surface area (Å²) in [7, 11) is 0. The predicted octanol–water partition coefficient (Wildman–Crippen LogP) is 6.36. The fourth-order valence-corrected chi connectivity index (χ4v) is 8.65. The third-order valence-corrected chi connectivity index (χ3v) is 10.3. The average Bonchev–Trinajstić information content (AvgIpc) is 3.00. The van der Waals surface area contributed by atoms with E-state index in [1.807, 2.05) is 0 Å². The normalized spacial score (nSPS) is 47.9. The molecule has 29 heavy (non-hydrogen) atoms. The lowest BCUT2D eigenvalue weighted by atomic mass is 9.46. The summed E-state index contributed by atoms with van der Waals surface area (Å²) in [6.07, 6.45) is 13.9. The van der Waals surface area contributed by atoms with Crippen LogP contribution in [-0.4, -0.2) is 22.4 Å². The SMILES string of the molecule is CC(C)CCC[C@@H](C)[C@H]1CC[C@@H]2C3[C@H](O)C=C4C[C@@H](O)CC[C@]4(C)[C@H]3CC[C@@]21C. The first-order valence-corrected chi connectivity index (χ1v) is 12.7. The molecule has 1 unspecified atom stereocenters. The van der Waals surface area contributed by atoms with E-state index in [1.54, 1.807) is 0 Å². The zero-order valence-corrected chi connectivity index (χ0v) is 19.7. The summed E-state index contributed by atoms with van der Waals surface area (Å²) in [6.45, 7) is 12.2. The maximum Gasteiger partial charge on any atom is 0.0757 e. The number of fused-ring (bicyclic) bond motifs is 5. The first kappa shape index (κ1) is 21.9. The number of hydrogen-bond acceptors (Lipinski definition) is 2. The molecule has 0 radical (unpaired) electrons. The molecule has 4 rings (SSSR count). The molecule has 3 fully saturated rings. The second-order valence-electron chi connectivity index (χ2n) is 12.3. The lowest BCUT2D eigenvalue weighted by molar-refractivity contribution is -0.0970. The van der Waals surface area contributed by atoms with E-state index in [1.165, 1.54) is 50.5 Å². The quantitative estimate of drug-likeness (QED) is 0.525. The average molecular weight is 403 g/mol. The molecule has 4 aliphatic carbocycles. The van der Waals surface area contributed by atoms with Gasteiger partial charge in [0, 0.05) is 0 Å². The van der Waals surface area contributed by atoms with E-state index in [9.17, 15) is 10.2 Å². The van der Waals surface area contributed by atoms with E-state index >= 15 is 0 Å². The number of aliphatic hydroxyl groups is 2. The summed E-state index contributed by atoms with van der Waals surface area (Å²) in [5, 5.41) is 21.5. The van der Waals surface area contributed by atoms with Gasteiger partial charge in [-0.3, -0.25) is 0 Å². The minimum absolute atomic E-state index is 0.200. The summed E-state index contributed by atoms with van der Waals surface area (Å²) < 4.78 is 0. The zero-order valence-electron chi connectivity index (χ0n) is 19.7. The van der Waals surface area contributed by atoms with Gasteiger partial charge >= 0.3 is 0 Å². The van der Waals surface area contributed by atoms with Gasteiger partial charge in [0.25, 0.3) is 0 Å². The van der Waals surface area contributed by atoms with Gasteiger partial charge in [-0.2, -0.15) is 0 Å². The summed E-state index contributed by atoms with van der Waals surface area (Å²) in [5.41, 5.74) is 1.99. The van der Waals surface area contributed by atoms with Crippen molar-refractivity contribution in [3.05, 3.63) is 11.6 Å². The largest absolute Gasteiger partial charge is 0.393 e. The Hall–Kier alpha value is -0.340. The van der Waals surface area contributed by atoms with Crippen molar-refractivity contribution in [1.82, 2.24) is 0 Å². The molecule has 0 aromatic heterocycles. The van der Waals surface area contributed by atoms with Crippen LogP contribution >= 0.6 is 0 Å². The van der Waals surface area contributed by atoms with Gasteiger partial charge in [-0.1, -0.05) is 65.5 Å². The van der Waals surface area contributed by atoms with E-state index < -0.39 is 0 Å². The molecule has 0 aromatic carbocycles. The molecule has 0 aliphatic heterocycles. The van der Waals surface area contributed by atoms with E-state index in [0.29, 0.717) is 23.2 Å². The maximum absolute atomic E-state index is 11.3. The van der Waals surface area contributed by atoms with Crippen LogP contribution in [-0.2, 0) is 0 Å². The van der Waals surface area contributed by atoms with Crippen LogP contribution in [0.5, 0.6) is 0 Å². The van der Waals surface area contributed by atoms with Crippen LogP contribution in [0, 0.1) is 46.3 Å². The van der Waals surface area contributed by atoms with Gasteiger partial charge in [-0.05, 0) is 91.3 Å². The van der Waals surface area contributed by atoms with Gasteiger partial charge in [0.2, 0.25) is 0 Å². The molecule has 9 atom stereocenters. The van der Waals surface area contributed by atoms with Crippen LogP contribution in [0.25, 0.3) is 0 Å². The number of hydrogen-bond donors (Lipinski definition) is 2. The third kappa shape index (κ3) is 3.65. The molecule has 2 heteroatoms. The Labute approximate surface area is 179 Å². The Morgan fingerprint density at radius 3 is 2.45 bits per heavy atom. The van der Waals surface area contributed by atoms with Gasteiger partial charge in [-0.25, -0.2) is 0 Å². The van der Waals surface area contributed by atoms with Gasteiger partial charge in [-0.15, -0.1) is 0 Å². The summed E-state index contributed by atoms with van der Waals surface area (Å²) >= 11 is 0. The van der Waals surface area contributed by atoms with Crippen molar-refractivity contribution in [2.45, 2.75) is 111 Å². The fourth-order valence-electron chi connectivity index (χ4n) is 8.65. The highest BCUT2D eigenvalue weighted by Crippen LogP contribution is 2.67. The lowest BCUT2D eigenvalue weighted by Crippen LogP contribution is -2.54. The van der Waals surface area contributed by atoms with Crippen molar-refractivity contribution >= 4 is 0 Å². The first-order valence-electron chi connectivity index (χ1n) is 12.7. The van der Waals surface area contributed by atoms with Gasteiger partial charge in [0.1, 0.15) is 0 Å². The van der Waals surface area contributed by atoms with Crippen molar-refractivity contribution < 1.29 is 10.2 Å². The van der Waals surface area contributed by atoms with Crippen LogP contribution < -0.4 is 0 Å². The van der Waals surface area contributed by atoms with Crippen molar-refractivity contribution in [3.8, 4) is 0 Å². The third-order valence-electron chi connectivity index (χ3n) is 10.3. The molecule has 166 valence electrons. The Bertz CT molecular complexity index is 624. The maximum atomic E-state index is 11.3. The Morgan fingerprint density at radius 2 is 1.72 bits per heavy atom. The lowest BCUT2D eigenvalue weighted by Gasteiger charge is -2.59. The standard InChI is InChI=1S/C27H46O2/c1-17(2)7-6-8-18(3)21-9-10-22-25-23(12-14-27(21,22)5)26(4)13-11-20(28)15-19(26)16-24(25)29/h16-18,20-25,28-29H,6-15H2,1-5H3/t18-,20+,21-,22-,23+,24-,25?,26+,27-/m1/s1. The molecule has 0 amide bonds. The molecule has 0 saturated heterocycles. The highest BCUT2D eigenvalue weighted by Gasteiger charge is 2.61. The van der Waals surface area contributed by atoms with Crippen LogP contribution in [0.4, 0.5) is 0 Å². The second-order valence-corrected chi connectivity index (χ2v) is 12.3. The topological polar surface area (TPSA) is 40.5 Å². The molecular weight excluding hydrogens is 356 g/mol. The Balaban J connectivity index is 1.54. The second kappa shape index (κ2) is 7.97. The molecule has 3 saturated carbocycles. The first-order chi connectivity index (χ1) is 13.7. The highest BCUT2D eigenvalue weighted by molar-refractivity contribution is 5.27. The van der Waals surface area contributed by atoms with Crippen molar-refractivity contribution in [2.75, 3.05) is 0 Å². The minimum Gasteiger partial charge on any atom is -0.393 e. The molecule has 4 aliphatic rings. The molecule has 0 aromatic rings. The van der Waals surface area contributed by atoms with Gasteiger partial charge in [0.05, 0.1) is 12.2 Å². The molecular formula is C27H46O2. The number of aliphatic hydroxyl groups excluding tert-OH is 2. The van der Waals surface area contributed by atoms with E-state index in [0.717, 1.165) is 37.0 Å². The van der Waals surface area contributed by atoms with Crippen molar-refractivity contribution in [2.24, 2.45) is 46.3 Å².